The molecule has 2 fully saturated rings. The minimum Gasteiger partial charge on any atom is -0.350 e. The molecule has 1 aromatic heterocycles. The van der Waals surface area contributed by atoms with E-state index >= 15 is 0 Å². The maximum atomic E-state index is 12.0. The second-order valence-corrected chi connectivity index (χ2v) is 6.85. The predicted octanol–water partition coefficient (Wildman–Crippen LogP) is 0.766. The van der Waals surface area contributed by atoms with E-state index in [0.29, 0.717) is 19.1 Å². The standard InChI is InChI=1S/C15H24N4OS.ClH/c20-15(17-11-14-2-1-9-21-14)12-18-5-7-19(8-6-18)13-3-4-16-10-13;/h1-2,9,13,16H,3-8,10-12H2,(H,17,20);1H. The van der Waals surface area contributed by atoms with Gasteiger partial charge in [-0.1, -0.05) is 6.07 Å². The molecule has 5 nitrogen and oxygen atoms in total. The first-order chi connectivity index (χ1) is 10.3. The van der Waals surface area contributed by atoms with Crippen LogP contribution in [0.15, 0.2) is 17.5 Å². The largest absolute Gasteiger partial charge is 0.350 e. The van der Waals surface area contributed by atoms with Crippen LogP contribution in [0.4, 0.5) is 0 Å². The molecule has 0 aliphatic carbocycles. The first kappa shape index (κ1) is 17.7. The average molecular weight is 345 g/mol. The molecule has 3 heterocycles. The Labute approximate surface area is 142 Å². The third-order valence-corrected chi connectivity index (χ3v) is 5.24. The number of thiophene rings is 1. The van der Waals surface area contributed by atoms with Crippen molar-refractivity contribution in [3.63, 3.8) is 0 Å². The minimum atomic E-state index is 0. The van der Waals surface area contributed by atoms with Gasteiger partial charge in [-0.15, -0.1) is 23.7 Å². The molecular weight excluding hydrogens is 320 g/mol. The Balaban J connectivity index is 0.00000176. The average Bonchev–Trinajstić information content (AvgIpc) is 3.19. The molecule has 0 radical (unpaired) electrons. The molecule has 1 atom stereocenters. The summed E-state index contributed by atoms with van der Waals surface area (Å²) in [5, 5.41) is 8.47. The molecule has 22 heavy (non-hydrogen) atoms. The fraction of sp³-hybridized carbons (Fsp3) is 0.667. The maximum Gasteiger partial charge on any atom is 0.234 e. The molecule has 2 saturated heterocycles. The maximum absolute atomic E-state index is 12.0. The zero-order chi connectivity index (χ0) is 14.5. The summed E-state index contributed by atoms with van der Waals surface area (Å²) in [4.78, 5) is 18.0. The quantitative estimate of drug-likeness (QED) is 0.828. The molecule has 0 bridgehead atoms. The van der Waals surface area contributed by atoms with Gasteiger partial charge in [-0.05, 0) is 24.4 Å². The van der Waals surface area contributed by atoms with Crippen LogP contribution in [-0.4, -0.2) is 67.6 Å². The number of nitrogens with zero attached hydrogens (tertiary/aromatic N) is 2. The second kappa shape index (κ2) is 8.84. The van der Waals surface area contributed by atoms with Gasteiger partial charge in [-0.3, -0.25) is 14.6 Å². The van der Waals surface area contributed by atoms with Gasteiger partial charge in [0.05, 0.1) is 13.1 Å². The Morgan fingerprint density at radius 1 is 1.36 bits per heavy atom. The molecule has 124 valence electrons. The normalized spacial score (nSPS) is 23.2. The van der Waals surface area contributed by atoms with Crippen LogP contribution in [0.1, 0.15) is 11.3 Å². The number of amides is 1. The van der Waals surface area contributed by atoms with Crippen molar-refractivity contribution >= 4 is 29.7 Å². The second-order valence-electron chi connectivity index (χ2n) is 5.81. The molecule has 3 rings (SSSR count). The third kappa shape index (κ3) is 4.93. The van der Waals surface area contributed by atoms with Gasteiger partial charge in [-0.25, -0.2) is 0 Å². The molecule has 2 N–H and O–H groups in total. The van der Waals surface area contributed by atoms with Crippen LogP contribution < -0.4 is 10.6 Å². The van der Waals surface area contributed by atoms with E-state index in [1.54, 1.807) is 11.3 Å². The number of halogens is 1. The fourth-order valence-corrected chi connectivity index (χ4v) is 3.74. The number of hydrogen-bond acceptors (Lipinski definition) is 5. The lowest BCUT2D eigenvalue weighted by molar-refractivity contribution is -0.122. The lowest BCUT2D eigenvalue weighted by Crippen LogP contribution is -2.52. The first-order valence-corrected chi connectivity index (χ1v) is 8.65. The van der Waals surface area contributed by atoms with E-state index < -0.39 is 0 Å². The summed E-state index contributed by atoms with van der Waals surface area (Å²) in [5.74, 6) is 0.138. The Morgan fingerprint density at radius 2 is 2.18 bits per heavy atom. The summed E-state index contributed by atoms with van der Waals surface area (Å²) in [6.45, 7) is 7.64. The van der Waals surface area contributed by atoms with E-state index in [9.17, 15) is 4.79 Å². The molecule has 2 aliphatic rings. The number of rotatable bonds is 5. The highest BCUT2D eigenvalue weighted by molar-refractivity contribution is 7.09. The van der Waals surface area contributed by atoms with Gasteiger partial charge in [-0.2, -0.15) is 0 Å². The van der Waals surface area contributed by atoms with Crippen LogP contribution in [0.25, 0.3) is 0 Å². The Hall–Kier alpha value is -0.660. The van der Waals surface area contributed by atoms with Crippen LogP contribution in [0.5, 0.6) is 0 Å². The molecule has 0 aromatic carbocycles. The Kier molecular flexibility index (Phi) is 7.11. The van der Waals surface area contributed by atoms with E-state index in [4.69, 9.17) is 0 Å². The lowest BCUT2D eigenvalue weighted by atomic mass is 10.2. The van der Waals surface area contributed by atoms with Gasteiger partial charge in [0.25, 0.3) is 0 Å². The van der Waals surface area contributed by atoms with Crippen molar-refractivity contribution < 1.29 is 4.79 Å². The van der Waals surface area contributed by atoms with Crippen LogP contribution in [-0.2, 0) is 11.3 Å². The lowest BCUT2D eigenvalue weighted by Gasteiger charge is -2.37. The van der Waals surface area contributed by atoms with E-state index in [-0.39, 0.29) is 18.3 Å². The highest BCUT2D eigenvalue weighted by Crippen LogP contribution is 2.12. The van der Waals surface area contributed by atoms with Crippen molar-refractivity contribution in [3.8, 4) is 0 Å². The van der Waals surface area contributed by atoms with E-state index in [1.165, 1.54) is 11.3 Å². The zero-order valence-corrected chi connectivity index (χ0v) is 14.4. The van der Waals surface area contributed by atoms with Crippen molar-refractivity contribution in [2.75, 3.05) is 45.8 Å². The van der Waals surface area contributed by atoms with Crippen LogP contribution in [0.2, 0.25) is 0 Å². The molecule has 1 aromatic rings. The van der Waals surface area contributed by atoms with Gasteiger partial charge >= 0.3 is 0 Å². The number of carbonyl (C=O) groups excluding carboxylic acids is 1. The summed E-state index contributed by atoms with van der Waals surface area (Å²) in [5.41, 5.74) is 0. The van der Waals surface area contributed by atoms with Crippen molar-refractivity contribution in [1.29, 1.82) is 0 Å². The molecule has 7 heteroatoms. The van der Waals surface area contributed by atoms with E-state index in [0.717, 1.165) is 39.3 Å². The predicted molar refractivity (Wildman–Crippen MR) is 92.7 cm³/mol. The molecule has 0 spiro atoms. The molecule has 1 amide bonds. The smallest absolute Gasteiger partial charge is 0.234 e. The van der Waals surface area contributed by atoms with Gasteiger partial charge < -0.3 is 10.6 Å². The molecule has 1 unspecified atom stereocenters. The monoisotopic (exact) mass is 344 g/mol. The van der Waals surface area contributed by atoms with Crippen LogP contribution >= 0.6 is 23.7 Å². The summed E-state index contributed by atoms with van der Waals surface area (Å²) in [6, 6.07) is 4.78. The Morgan fingerprint density at radius 3 is 2.82 bits per heavy atom. The number of piperazine rings is 1. The van der Waals surface area contributed by atoms with Crippen molar-refractivity contribution in [1.82, 2.24) is 20.4 Å². The molecule has 2 aliphatic heterocycles. The van der Waals surface area contributed by atoms with Crippen molar-refractivity contribution in [3.05, 3.63) is 22.4 Å². The zero-order valence-electron chi connectivity index (χ0n) is 12.8. The SMILES string of the molecule is Cl.O=C(CN1CCN(C2CCNC2)CC1)NCc1cccs1. The third-order valence-electron chi connectivity index (χ3n) is 4.36. The summed E-state index contributed by atoms with van der Waals surface area (Å²) in [7, 11) is 0. The summed E-state index contributed by atoms with van der Waals surface area (Å²) in [6.07, 6.45) is 1.27. The highest BCUT2D eigenvalue weighted by Gasteiger charge is 2.26. The van der Waals surface area contributed by atoms with Crippen molar-refractivity contribution in [2.24, 2.45) is 0 Å². The van der Waals surface area contributed by atoms with Gasteiger partial charge in [0.15, 0.2) is 0 Å². The van der Waals surface area contributed by atoms with Crippen LogP contribution in [0, 0.1) is 0 Å². The van der Waals surface area contributed by atoms with Gasteiger partial charge in [0.2, 0.25) is 5.91 Å². The number of hydrogen-bond donors (Lipinski definition) is 2. The molecular formula is C15H25ClN4OS. The Bertz CT molecular complexity index is 442. The topological polar surface area (TPSA) is 47.6 Å². The molecule has 0 saturated carbocycles. The van der Waals surface area contributed by atoms with E-state index in [1.807, 2.05) is 11.4 Å². The fourth-order valence-electron chi connectivity index (χ4n) is 3.10. The van der Waals surface area contributed by atoms with Gasteiger partial charge in [0, 0.05) is 43.6 Å². The summed E-state index contributed by atoms with van der Waals surface area (Å²) < 4.78 is 0. The number of carbonyl (C=O) groups is 1. The van der Waals surface area contributed by atoms with Crippen molar-refractivity contribution in [2.45, 2.75) is 19.0 Å². The highest BCUT2D eigenvalue weighted by atomic mass is 35.5. The first-order valence-electron chi connectivity index (χ1n) is 7.77. The minimum absolute atomic E-state index is 0. The number of nitrogens with one attached hydrogen (secondary N) is 2. The van der Waals surface area contributed by atoms with Crippen LogP contribution in [0.3, 0.4) is 0 Å². The van der Waals surface area contributed by atoms with E-state index in [2.05, 4.69) is 26.5 Å². The summed E-state index contributed by atoms with van der Waals surface area (Å²) >= 11 is 1.68. The van der Waals surface area contributed by atoms with Gasteiger partial charge in [0.1, 0.15) is 0 Å².